The molecule has 2 heterocycles. The van der Waals surface area contributed by atoms with Crippen LogP contribution < -0.4 is 9.47 Å². The Kier molecular flexibility index (Phi) is 5.89. The highest BCUT2D eigenvalue weighted by molar-refractivity contribution is 7.13. The first-order valence-corrected chi connectivity index (χ1v) is 9.29. The van der Waals surface area contributed by atoms with Gasteiger partial charge in [-0.1, -0.05) is 31.1 Å². The highest BCUT2D eigenvalue weighted by atomic mass is 32.1. The maximum Gasteiger partial charge on any atom is 0.268 e. The third kappa shape index (κ3) is 4.54. The van der Waals surface area contributed by atoms with Crippen molar-refractivity contribution in [2.75, 3.05) is 13.7 Å². The molecular weight excluding hydrogens is 362 g/mol. The first-order valence-electron chi connectivity index (χ1n) is 8.41. The molecule has 138 valence electrons. The Balaban J connectivity index is 1.86. The smallest absolute Gasteiger partial charge is 0.268 e. The summed E-state index contributed by atoms with van der Waals surface area (Å²) in [5, 5.41) is 15.4. The average molecular weight is 381 g/mol. The highest BCUT2D eigenvalue weighted by Crippen LogP contribution is 2.30. The molecule has 0 spiro atoms. The van der Waals surface area contributed by atoms with Gasteiger partial charge in [-0.3, -0.25) is 0 Å². The van der Waals surface area contributed by atoms with E-state index in [-0.39, 0.29) is 11.5 Å². The van der Waals surface area contributed by atoms with E-state index in [4.69, 9.17) is 14.0 Å². The van der Waals surface area contributed by atoms with Crippen LogP contribution in [0.3, 0.4) is 0 Å². The fraction of sp³-hybridized carbons (Fsp3) is 0.250. The van der Waals surface area contributed by atoms with E-state index in [1.54, 1.807) is 13.2 Å². The summed E-state index contributed by atoms with van der Waals surface area (Å²) in [6.45, 7) is 4.76. The summed E-state index contributed by atoms with van der Waals surface area (Å²) < 4.78 is 16.4. The van der Waals surface area contributed by atoms with Crippen LogP contribution in [-0.4, -0.2) is 23.9 Å². The molecule has 0 atom stereocenters. The minimum absolute atomic E-state index is 0.181. The van der Waals surface area contributed by atoms with Crippen LogP contribution in [0.2, 0.25) is 0 Å². The highest BCUT2D eigenvalue weighted by Gasteiger charge is 2.14. The van der Waals surface area contributed by atoms with E-state index in [2.05, 4.69) is 30.1 Å². The Morgan fingerprint density at radius 3 is 2.85 bits per heavy atom. The molecule has 3 aromatic rings. The van der Waals surface area contributed by atoms with E-state index in [9.17, 15) is 5.26 Å². The summed E-state index contributed by atoms with van der Waals surface area (Å²) in [5.41, 5.74) is 1.05. The van der Waals surface area contributed by atoms with Gasteiger partial charge in [0.05, 0.1) is 18.6 Å². The summed E-state index contributed by atoms with van der Waals surface area (Å²) >= 11 is 1.51. The lowest BCUT2D eigenvalue weighted by Gasteiger charge is -2.12. The van der Waals surface area contributed by atoms with Crippen LogP contribution in [-0.2, 0) is 0 Å². The molecule has 0 aliphatic rings. The number of thiophene rings is 1. The quantitative estimate of drug-likeness (QED) is 0.541. The Morgan fingerprint density at radius 1 is 1.33 bits per heavy atom. The standard InChI is InChI=1S/C20H19N3O3S/c1-13(2)12-25-16-7-6-14(10-17(16)24-3)9-15(11-21)20-22-19(23-26-20)18-5-4-8-27-18/h4-10,13H,12H2,1-3H3/b15-9+. The number of ether oxygens (including phenoxy) is 2. The molecule has 0 fully saturated rings. The second-order valence-electron chi connectivity index (χ2n) is 6.19. The molecule has 0 radical (unpaired) electrons. The van der Waals surface area contributed by atoms with Crippen molar-refractivity contribution in [2.24, 2.45) is 5.92 Å². The average Bonchev–Trinajstić information content (AvgIpc) is 3.36. The van der Waals surface area contributed by atoms with Crippen LogP contribution in [0.5, 0.6) is 11.5 Å². The van der Waals surface area contributed by atoms with Crippen molar-refractivity contribution in [2.45, 2.75) is 13.8 Å². The normalized spacial score (nSPS) is 11.4. The molecule has 0 bridgehead atoms. The minimum atomic E-state index is 0.181. The lowest BCUT2D eigenvalue weighted by atomic mass is 10.1. The molecule has 0 saturated carbocycles. The lowest BCUT2D eigenvalue weighted by molar-refractivity contribution is 0.257. The van der Waals surface area contributed by atoms with Crippen molar-refractivity contribution < 1.29 is 14.0 Å². The Labute approximate surface area is 161 Å². The third-order valence-corrected chi connectivity index (χ3v) is 4.46. The molecule has 3 rings (SSSR count). The topological polar surface area (TPSA) is 81.2 Å². The second kappa shape index (κ2) is 8.52. The zero-order valence-corrected chi connectivity index (χ0v) is 16.1. The van der Waals surface area contributed by atoms with Gasteiger partial charge in [0.1, 0.15) is 11.6 Å². The number of nitrogens with zero attached hydrogens (tertiary/aromatic N) is 3. The van der Waals surface area contributed by atoms with Gasteiger partial charge in [0, 0.05) is 0 Å². The number of hydrogen-bond donors (Lipinski definition) is 0. The molecular formula is C20H19N3O3S. The van der Waals surface area contributed by atoms with Gasteiger partial charge in [0.25, 0.3) is 5.89 Å². The number of nitriles is 1. The van der Waals surface area contributed by atoms with Gasteiger partial charge in [0.2, 0.25) is 5.82 Å². The zero-order chi connectivity index (χ0) is 19.2. The van der Waals surface area contributed by atoms with E-state index < -0.39 is 0 Å². The van der Waals surface area contributed by atoms with Crippen LogP contribution in [0.1, 0.15) is 25.3 Å². The summed E-state index contributed by atoms with van der Waals surface area (Å²) in [6.07, 6.45) is 1.68. The Hall–Kier alpha value is -3.11. The first-order chi connectivity index (χ1) is 13.1. The minimum Gasteiger partial charge on any atom is -0.493 e. The SMILES string of the molecule is COc1cc(/C=C(\C#N)c2nc(-c3cccs3)no2)ccc1OCC(C)C. The second-order valence-corrected chi connectivity index (χ2v) is 7.13. The molecule has 2 aromatic heterocycles. The van der Waals surface area contributed by atoms with Crippen molar-refractivity contribution in [1.29, 1.82) is 5.26 Å². The first kappa shape index (κ1) is 18.7. The van der Waals surface area contributed by atoms with Gasteiger partial charge in [-0.25, -0.2) is 0 Å². The van der Waals surface area contributed by atoms with E-state index in [1.165, 1.54) is 11.3 Å². The lowest BCUT2D eigenvalue weighted by Crippen LogP contribution is -2.05. The number of methoxy groups -OCH3 is 1. The molecule has 0 aliphatic heterocycles. The molecule has 0 saturated heterocycles. The summed E-state index contributed by atoms with van der Waals surface area (Å²) in [5.74, 6) is 2.33. The number of rotatable bonds is 7. The van der Waals surface area contributed by atoms with E-state index in [1.807, 2.05) is 35.7 Å². The molecule has 27 heavy (non-hydrogen) atoms. The van der Waals surface area contributed by atoms with Gasteiger partial charge in [0.15, 0.2) is 11.5 Å². The van der Waals surface area contributed by atoms with Gasteiger partial charge in [-0.05, 0) is 41.1 Å². The summed E-state index contributed by atoms with van der Waals surface area (Å²) in [6, 6.07) is 11.4. The number of hydrogen-bond acceptors (Lipinski definition) is 7. The van der Waals surface area contributed by atoms with Gasteiger partial charge < -0.3 is 14.0 Å². The van der Waals surface area contributed by atoms with Crippen LogP contribution in [0.4, 0.5) is 0 Å². The van der Waals surface area contributed by atoms with Crippen LogP contribution in [0.15, 0.2) is 40.2 Å². The van der Waals surface area contributed by atoms with Crippen molar-refractivity contribution in [3.63, 3.8) is 0 Å². The third-order valence-electron chi connectivity index (χ3n) is 3.59. The largest absolute Gasteiger partial charge is 0.493 e. The fourth-order valence-electron chi connectivity index (χ4n) is 2.30. The van der Waals surface area contributed by atoms with Crippen LogP contribution >= 0.6 is 11.3 Å². The summed E-state index contributed by atoms with van der Waals surface area (Å²) in [4.78, 5) is 5.20. The Morgan fingerprint density at radius 2 is 2.19 bits per heavy atom. The molecule has 7 heteroatoms. The molecule has 6 nitrogen and oxygen atoms in total. The molecule has 0 N–H and O–H groups in total. The van der Waals surface area contributed by atoms with Crippen molar-refractivity contribution in [1.82, 2.24) is 10.1 Å². The molecule has 0 amide bonds. The number of benzene rings is 1. The van der Waals surface area contributed by atoms with Crippen molar-refractivity contribution >= 4 is 23.0 Å². The maximum atomic E-state index is 9.51. The monoisotopic (exact) mass is 381 g/mol. The van der Waals surface area contributed by atoms with Crippen LogP contribution in [0, 0.1) is 17.2 Å². The van der Waals surface area contributed by atoms with Gasteiger partial charge in [-0.15, -0.1) is 11.3 Å². The predicted octanol–water partition coefficient (Wildman–Crippen LogP) is 4.91. The number of allylic oxidation sites excluding steroid dienone is 1. The Bertz CT molecular complexity index is 969. The summed E-state index contributed by atoms with van der Waals surface area (Å²) in [7, 11) is 1.58. The maximum absolute atomic E-state index is 9.51. The number of aromatic nitrogens is 2. The molecule has 0 aliphatic carbocycles. The van der Waals surface area contributed by atoms with E-state index in [0.717, 1.165) is 10.4 Å². The predicted molar refractivity (Wildman–Crippen MR) is 104 cm³/mol. The molecule has 0 unspecified atom stereocenters. The fourth-order valence-corrected chi connectivity index (χ4v) is 2.95. The van der Waals surface area contributed by atoms with Crippen molar-refractivity contribution in [3.8, 4) is 28.3 Å². The van der Waals surface area contributed by atoms with Gasteiger partial charge in [-0.2, -0.15) is 10.2 Å². The molecule has 1 aromatic carbocycles. The van der Waals surface area contributed by atoms with Gasteiger partial charge >= 0.3 is 0 Å². The zero-order valence-electron chi connectivity index (χ0n) is 15.3. The van der Waals surface area contributed by atoms with Crippen molar-refractivity contribution in [3.05, 3.63) is 47.2 Å². The van der Waals surface area contributed by atoms with Crippen LogP contribution in [0.25, 0.3) is 22.4 Å². The van der Waals surface area contributed by atoms with E-state index >= 15 is 0 Å². The van der Waals surface area contributed by atoms with E-state index in [0.29, 0.717) is 29.8 Å².